The largest absolute Gasteiger partial charge is 0.480 e. The fourth-order valence-corrected chi connectivity index (χ4v) is 7.02. The molecule has 0 heterocycles. The van der Waals surface area contributed by atoms with E-state index in [0.29, 0.717) is 29.7 Å². The molecule has 0 saturated heterocycles. The lowest BCUT2D eigenvalue weighted by molar-refractivity contribution is -0.149. The molecular weight excluding hydrogens is 839 g/mol. The number of hydrogen-bond acceptors (Lipinski definition) is 8. The van der Waals surface area contributed by atoms with Gasteiger partial charge in [0.05, 0.1) is 6.54 Å². The summed E-state index contributed by atoms with van der Waals surface area (Å²) in [6, 6.07) is 45.4. The fraction of sp³-hybridized carbons (Fsp3) is 0.280. The normalized spacial score (nSPS) is 10.5. The van der Waals surface area contributed by atoms with Gasteiger partial charge in [0, 0.05) is 44.2 Å². The summed E-state index contributed by atoms with van der Waals surface area (Å²) in [6.45, 7) is -1.57. The highest BCUT2D eigenvalue weighted by molar-refractivity contribution is 5.92. The molecule has 0 fully saturated rings. The van der Waals surface area contributed by atoms with Crippen LogP contribution in [0.2, 0.25) is 0 Å². The number of aliphatic carboxylic acids is 1. The molecule has 0 aliphatic heterocycles. The topological polar surface area (TPSA) is 200 Å². The predicted molar refractivity (Wildman–Crippen MR) is 248 cm³/mol. The van der Waals surface area contributed by atoms with Crippen LogP contribution in [0, 0.1) is 0 Å². The summed E-state index contributed by atoms with van der Waals surface area (Å²) in [5.74, 6) is -3.78. The van der Waals surface area contributed by atoms with Crippen molar-refractivity contribution < 1.29 is 33.9 Å². The van der Waals surface area contributed by atoms with Gasteiger partial charge in [-0.15, -0.1) is 0 Å². The Morgan fingerprint density at radius 1 is 0.439 bits per heavy atom. The molecule has 0 aromatic heterocycles. The van der Waals surface area contributed by atoms with E-state index < -0.39 is 55.8 Å². The molecule has 5 aromatic rings. The molecule has 342 valence electrons. The lowest BCUT2D eigenvalue weighted by atomic mass is 10.1. The molecule has 16 heteroatoms. The molecule has 0 aliphatic carbocycles. The van der Waals surface area contributed by atoms with E-state index >= 15 is 0 Å². The van der Waals surface area contributed by atoms with E-state index in [1.165, 1.54) is 24.5 Å². The summed E-state index contributed by atoms with van der Waals surface area (Å²) in [4.78, 5) is 92.7. The predicted octanol–water partition coefficient (Wildman–Crippen LogP) is 5.51. The van der Waals surface area contributed by atoms with Gasteiger partial charge < -0.3 is 34.9 Å². The molecule has 16 nitrogen and oxygen atoms in total. The molecule has 0 bridgehead atoms. The lowest BCUT2D eigenvalue weighted by Crippen LogP contribution is -2.50. The molecule has 5 aromatic carbocycles. The van der Waals surface area contributed by atoms with Crippen molar-refractivity contribution in [3.8, 4) is 0 Å². The van der Waals surface area contributed by atoms with Crippen LogP contribution in [0.5, 0.6) is 0 Å². The zero-order valence-corrected chi connectivity index (χ0v) is 36.8. The van der Waals surface area contributed by atoms with Gasteiger partial charge in [-0.3, -0.25) is 28.8 Å². The summed E-state index contributed by atoms with van der Waals surface area (Å²) in [5.41, 5.74) is 12.3. The van der Waals surface area contributed by atoms with Crippen molar-refractivity contribution in [1.82, 2.24) is 29.8 Å². The van der Waals surface area contributed by atoms with Gasteiger partial charge in [0.1, 0.15) is 32.7 Å². The number of amides is 5. The number of nitrogens with zero attached hydrogens (tertiary/aromatic N) is 8. The maximum absolute atomic E-state index is 14.7. The third kappa shape index (κ3) is 17.1. The van der Waals surface area contributed by atoms with Crippen LogP contribution in [-0.4, -0.2) is 117 Å². The summed E-state index contributed by atoms with van der Waals surface area (Å²) in [6.07, 6.45) is 0.516. The number of carbonyl (C=O) groups is 6. The Bertz CT molecular complexity index is 2370. The van der Waals surface area contributed by atoms with Gasteiger partial charge in [-0.05, 0) is 46.3 Å². The molecule has 0 radical (unpaired) electrons. The number of carboxylic acid groups (broad SMARTS) is 1. The third-order valence-corrected chi connectivity index (χ3v) is 10.4. The second kappa shape index (κ2) is 26.7. The number of azide groups is 1. The highest BCUT2D eigenvalue weighted by atomic mass is 16.4. The Morgan fingerprint density at radius 2 is 0.712 bits per heavy atom. The van der Waals surface area contributed by atoms with Crippen LogP contribution in [0.4, 0.5) is 0 Å². The summed E-state index contributed by atoms with van der Waals surface area (Å²) >= 11 is 0. The number of nitrogens with one attached hydrogen (secondary N) is 1. The SMILES string of the molecule is [N-]=[N+]=NCCCNCC(=O)N(CC(=O)N(CC(=O)N(CC(=O)N(CC(=O)N(CC(=O)O)Cc1ccccc1)Cc1ccccc1)Cc1ccccc1)Cc1ccccc1)Cc1ccccc1. The van der Waals surface area contributed by atoms with Crippen molar-refractivity contribution in [3.63, 3.8) is 0 Å². The smallest absolute Gasteiger partial charge is 0.323 e. The first kappa shape index (κ1) is 49.2. The van der Waals surface area contributed by atoms with Gasteiger partial charge in [-0.2, -0.15) is 0 Å². The van der Waals surface area contributed by atoms with Crippen molar-refractivity contribution in [2.24, 2.45) is 5.11 Å². The molecule has 66 heavy (non-hydrogen) atoms. The van der Waals surface area contributed by atoms with Gasteiger partial charge >= 0.3 is 5.97 Å². The van der Waals surface area contributed by atoms with Gasteiger partial charge in [0.25, 0.3) is 0 Å². The van der Waals surface area contributed by atoms with E-state index in [4.69, 9.17) is 5.53 Å². The second-order valence-electron chi connectivity index (χ2n) is 15.6. The van der Waals surface area contributed by atoms with E-state index in [2.05, 4.69) is 15.3 Å². The average Bonchev–Trinajstić information content (AvgIpc) is 3.33. The maximum Gasteiger partial charge on any atom is 0.323 e. The maximum atomic E-state index is 14.7. The second-order valence-corrected chi connectivity index (χ2v) is 15.6. The Kier molecular flexibility index (Phi) is 19.9. The minimum atomic E-state index is -1.21. The number of rotatable bonds is 26. The highest BCUT2D eigenvalue weighted by Gasteiger charge is 2.29. The summed E-state index contributed by atoms with van der Waals surface area (Å²) in [5, 5.41) is 16.3. The molecule has 5 rings (SSSR count). The van der Waals surface area contributed by atoms with Gasteiger partial charge in [0.2, 0.25) is 29.5 Å². The van der Waals surface area contributed by atoms with Crippen LogP contribution in [0.1, 0.15) is 34.2 Å². The summed E-state index contributed by atoms with van der Waals surface area (Å²) in [7, 11) is 0. The van der Waals surface area contributed by atoms with Crippen LogP contribution < -0.4 is 5.32 Å². The minimum Gasteiger partial charge on any atom is -0.480 e. The van der Waals surface area contributed by atoms with Crippen molar-refractivity contribution >= 4 is 35.5 Å². The lowest BCUT2D eigenvalue weighted by Gasteiger charge is -2.32. The van der Waals surface area contributed by atoms with Crippen LogP contribution in [-0.2, 0) is 61.5 Å². The van der Waals surface area contributed by atoms with Crippen LogP contribution in [0.25, 0.3) is 10.4 Å². The first-order valence-electron chi connectivity index (χ1n) is 21.6. The van der Waals surface area contributed by atoms with Crippen LogP contribution in [0.3, 0.4) is 0 Å². The molecule has 0 atom stereocenters. The minimum absolute atomic E-state index is 0.00239. The zero-order chi connectivity index (χ0) is 46.9. The number of benzene rings is 5. The van der Waals surface area contributed by atoms with Gasteiger partial charge in [0.15, 0.2) is 0 Å². The van der Waals surface area contributed by atoms with Crippen molar-refractivity contribution in [3.05, 3.63) is 190 Å². The van der Waals surface area contributed by atoms with Gasteiger partial charge in [-0.1, -0.05) is 157 Å². The van der Waals surface area contributed by atoms with E-state index in [-0.39, 0.29) is 58.3 Å². The third-order valence-electron chi connectivity index (χ3n) is 10.4. The number of carboxylic acids is 1. The standard InChI is InChI=1S/C50H55N9O7/c51-54-53-28-16-27-52-29-45(60)55(30-40-17-6-1-7-18-40)35-46(61)56(31-41-19-8-2-9-20-41)36-47(62)57(32-42-21-10-3-11-22-42)37-48(63)58(33-43-23-12-4-13-24-43)38-49(64)59(39-50(65)66)34-44-25-14-5-15-26-44/h1-15,17-26,52H,16,27-39H2,(H,65,66). The zero-order valence-electron chi connectivity index (χ0n) is 36.8. The van der Waals surface area contributed by atoms with Crippen molar-refractivity contribution in [1.29, 1.82) is 0 Å². The Labute approximate surface area is 384 Å². The Morgan fingerprint density at radius 3 is 0.985 bits per heavy atom. The van der Waals surface area contributed by atoms with E-state index in [1.54, 1.807) is 48.5 Å². The van der Waals surface area contributed by atoms with Crippen molar-refractivity contribution in [2.75, 3.05) is 52.4 Å². The van der Waals surface area contributed by atoms with Crippen LogP contribution >= 0.6 is 0 Å². The van der Waals surface area contributed by atoms with E-state index in [9.17, 15) is 33.9 Å². The van der Waals surface area contributed by atoms with Gasteiger partial charge in [-0.25, -0.2) is 0 Å². The fourth-order valence-electron chi connectivity index (χ4n) is 7.02. The van der Waals surface area contributed by atoms with Crippen LogP contribution in [0.15, 0.2) is 157 Å². The number of hydrogen-bond donors (Lipinski definition) is 2. The van der Waals surface area contributed by atoms with Crippen molar-refractivity contribution in [2.45, 2.75) is 39.1 Å². The highest BCUT2D eigenvalue weighted by Crippen LogP contribution is 2.15. The molecule has 2 N–H and O–H groups in total. The number of carbonyl (C=O) groups excluding carboxylic acids is 5. The molecule has 0 unspecified atom stereocenters. The first-order valence-corrected chi connectivity index (χ1v) is 21.6. The average molecular weight is 894 g/mol. The molecule has 0 spiro atoms. The van der Waals surface area contributed by atoms with E-state index in [0.717, 1.165) is 11.1 Å². The Balaban J connectivity index is 1.41. The molecule has 5 amide bonds. The summed E-state index contributed by atoms with van der Waals surface area (Å²) < 4.78 is 0. The first-order chi connectivity index (χ1) is 32.1. The monoisotopic (exact) mass is 893 g/mol. The molecule has 0 saturated carbocycles. The Hall–Kier alpha value is -7.81. The molecule has 0 aliphatic rings. The molecular formula is C50H55N9O7. The quantitative estimate of drug-likeness (QED) is 0.0314. The van der Waals surface area contributed by atoms with E-state index in [1.807, 2.05) is 103 Å².